The highest BCUT2D eigenvalue weighted by molar-refractivity contribution is 7.09. The Morgan fingerprint density at radius 1 is 1.41 bits per heavy atom. The summed E-state index contributed by atoms with van der Waals surface area (Å²) in [5.41, 5.74) is 0. The summed E-state index contributed by atoms with van der Waals surface area (Å²) in [6.07, 6.45) is 9.35. The average molecular weight is 318 g/mol. The first-order valence-corrected chi connectivity index (χ1v) is 8.85. The van der Waals surface area contributed by atoms with Crippen LogP contribution in [0.3, 0.4) is 0 Å². The SMILES string of the molecule is O=C(CCn1cncn1)N1CCCC[C@H]1CCc1cccs1. The first kappa shape index (κ1) is 15.2. The number of aromatic nitrogens is 3. The number of nitrogens with zero attached hydrogens (tertiary/aromatic N) is 4. The molecule has 0 radical (unpaired) electrons. The fraction of sp³-hybridized carbons (Fsp3) is 0.562. The Kier molecular flexibility index (Phi) is 5.21. The van der Waals surface area contributed by atoms with Gasteiger partial charge in [0.25, 0.3) is 0 Å². The molecule has 2 aromatic rings. The Morgan fingerprint density at radius 3 is 3.14 bits per heavy atom. The van der Waals surface area contributed by atoms with Gasteiger partial charge in [0, 0.05) is 23.9 Å². The first-order valence-electron chi connectivity index (χ1n) is 7.97. The van der Waals surface area contributed by atoms with Crippen molar-refractivity contribution in [3.8, 4) is 0 Å². The molecule has 5 nitrogen and oxygen atoms in total. The molecule has 1 aliphatic heterocycles. The van der Waals surface area contributed by atoms with Gasteiger partial charge in [0.15, 0.2) is 0 Å². The maximum Gasteiger partial charge on any atom is 0.224 e. The van der Waals surface area contributed by atoms with Crippen molar-refractivity contribution in [2.75, 3.05) is 6.54 Å². The predicted molar refractivity (Wildman–Crippen MR) is 86.6 cm³/mol. The van der Waals surface area contributed by atoms with E-state index in [-0.39, 0.29) is 5.91 Å². The van der Waals surface area contributed by atoms with Crippen molar-refractivity contribution in [2.45, 2.75) is 51.1 Å². The van der Waals surface area contributed by atoms with Gasteiger partial charge in [-0.2, -0.15) is 5.10 Å². The lowest BCUT2D eigenvalue weighted by atomic mass is 9.97. The number of thiophene rings is 1. The standard InChI is InChI=1S/C16H22N4OS/c21-16(8-10-19-13-17-12-18-19)20-9-2-1-4-14(20)6-7-15-5-3-11-22-15/h3,5,11-14H,1-2,4,6-10H2/t14-/m0/s1. The van der Waals surface area contributed by atoms with Crippen LogP contribution in [0.4, 0.5) is 0 Å². The third kappa shape index (κ3) is 3.94. The van der Waals surface area contributed by atoms with Crippen LogP contribution in [0, 0.1) is 0 Å². The lowest BCUT2D eigenvalue weighted by molar-refractivity contribution is -0.135. The van der Waals surface area contributed by atoms with Gasteiger partial charge in [0.05, 0.1) is 6.54 Å². The summed E-state index contributed by atoms with van der Waals surface area (Å²) in [6, 6.07) is 4.69. The molecule has 0 aliphatic carbocycles. The zero-order chi connectivity index (χ0) is 15.2. The van der Waals surface area contributed by atoms with Crippen molar-refractivity contribution >= 4 is 17.2 Å². The lowest BCUT2D eigenvalue weighted by Gasteiger charge is -2.36. The molecule has 2 aromatic heterocycles. The van der Waals surface area contributed by atoms with Gasteiger partial charge in [-0.3, -0.25) is 9.48 Å². The quantitative estimate of drug-likeness (QED) is 0.823. The number of hydrogen-bond donors (Lipinski definition) is 0. The second kappa shape index (κ2) is 7.54. The van der Waals surface area contributed by atoms with E-state index in [1.54, 1.807) is 11.0 Å². The smallest absolute Gasteiger partial charge is 0.224 e. The van der Waals surface area contributed by atoms with E-state index in [0.29, 0.717) is 19.0 Å². The van der Waals surface area contributed by atoms with Crippen LogP contribution < -0.4 is 0 Å². The van der Waals surface area contributed by atoms with Crippen molar-refractivity contribution in [3.05, 3.63) is 35.0 Å². The molecule has 3 heterocycles. The summed E-state index contributed by atoms with van der Waals surface area (Å²) >= 11 is 1.81. The van der Waals surface area contributed by atoms with E-state index < -0.39 is 0 Å². The topological polar surface area (TPSA) is 51.0 Å². The van der Waals surface area contributed by atoms with Crippen molar-refractivity contribution in [1.82, 2.24) is 19.7 Å². The summed E-state index contributed by atoms with van der Waals surface area (Å²) in [6.45, 7) is 1.53. The number of rotatable bonds is 6. The molecule has 0 spiro atoms. The molecule has 0 saturated carbocycles. The van der Waals surface area contributed by atoms with E-state index in [2.05, 4.69) is 32.5 Å². The molecule has 0 bridgehead atoms. The van der Waals surface area contributed by atoms with Gasteiger partial charge in [-0.1, -0.05) is 6.07 Å². The van der Waals surface area contributed by atoms with Crippen LogP contribution in [0.1, 0.15) is 37.0 Å². The predicted octanol–water partition coefficient (Wildman–Crippen LogP) is 2.74. The van der Waals surface area contributed by atoms with Gasteiger partial charge >= 0.3 is 0 Å². The van der Waals surface area contributed by atoms with E-state index in [9.17, 15) is 4.79 Å². The van der Waals surface area contributed by atoms with Gasteiger partial charge in [0.1, 0.15) is 12.7 Å². The number of aryl methyl sites for hydroxylation is 2. The van der Waals surface area contributed by atoms with Crippen molar-refractivity contribution < 1.29 is 4.79 Å². The molecule has 0 N–H and O–H groups in total. The number of carbonyl (C=O) groups excluding carboxylic acids is 1. The normalized spacial score (nSPS) is 18.5. The van der Waals surface area contributed by atoms with E-state index in [4.69, 9.17) is 0 Å². The molecule has 118 valence electrons. The summed E-state index contributed by atoms with van der Waals surface area (Å²) in [5, 5.41) is 6.18. The number of amides is 1. The maximum atomic E-state index is 12.5. The minimum Gasteiger partial charge on any atom is -0.340 e. The number of hydrogen-bond acceptors (Lipinski definition) is 4. The molecule has 1 fully saturated rings. The molecule has 0 aromatic carbocycles. The average Bonchev–Trinajstić information content (AvgIpc) is 3.24. The molecule has 3 rings (SSSR count). The zero-order valence-electron chi connectivity index (χ0n) is 12.7. The molecule has 1 aliphatic rings. The monoisotopic (exact) mass is 318 g/mol. The molecular weight excluding hydrogens is 296 g/mol. The Balaban J connectivity index is 1.53. The maximum absolute atomic E-state index is 12.5. The fourth-order valence-electron chi connectivity index (χ4n) is 3.09. The summed E-state index contributed by atoms with van der Waals surface area (Å²) in [4.78, 5) is 20.0. The van der Waals surface area contributed by atoms with Crippen LogP contribution in [0.25, 0.3) is 0 Å². The molecule has 0 unspecified atom stereocenters. The Hall–Kier alpha value is -1.69. The molecule has 22 heavy (non-hydrogen) atoms. The highest BCUT2D eigenvalue weighted by Crippen LogP contribution is 2.23. The Morgan fingerprint density at radius 2 is 2.36 bits per heavy atom. The summed E-state index contributed by atoms with van der Waals surface area (Å²) in [5.74, 6) is 0.256. The van der Waals surface area contributed by atoms with Crippen LogP contribution in [0.5, 0.6) is 0 Å². The summed E-state index contributed by atoms with van der Waals surface area (Å²) in [7, 11) is 0. The van der Waals surface area contributed by atoms with Gasteiger partial charge in [0.2, 0.25) is 5.91 Å². The van der Waals surface area contributed by atoms with Crippen molar-refractivity contribution in [1.29, 1.82) is 0 Å². The van der Waals surface area contributed by atoms with E-state index >= 15 is 0 Å². The largest absolute Gasteiger partial charge is 0.340 e. The van der Waals surface area contributed by atoms with Gasteiger partial charge in [-0.05, 0) is 43.6 Å². The third-order valence-corrected chi connectivity index (χ3v) is 5.21. The lowest BCUT2D eigenvalue weighted by Crippen LogP contribution is -2.44. The Labute approximate surface area is 135 Å². The highest BCUT2D eigenvalue weighted by atomic mass is 32.1. The number of piperidine rings is 1. The van der Waals surface area contributed by atoms with Crippen molar-refractivity contribution in [3.63, 3.8) is 0 Å². The molecule has 1 saturated heterocycles. The zero-order valence-corrected chi connectivity index (χ0v) is 13.5. The first-order chi connectivity index (χ1) is 10.8. The molecular formula is C16H22N4OS. The van der Waals surface area contributed by atoms with E-state index in [1.807, 2.05) is 11.3 Å². The van der Waals surface area contributed by atoms with E-state index in [1.165, 1.54) is 17.6 Å². The minimum atomic E-state index is 0.256. The minimum absolute atomic E-state index is 0.256. The van der Waals surface area contributed by atoms with Crippen LogP contribution in [0.2, 0.25) is 0 Å². The second-order valence-electron chi connectivity index (χ2n) is 5.76. The van der Waals surface area contributed by atoms with Crippen LogP contribution in [0.15, 0.2) is 30.2 Å². The van der Waals surface area contributed by atoms with Crippen LogP contribution >= 0.6 is 11.3 Å². The summed E-state index contributed by atoms with van der Waals surface area (Å²) < 4.78 is 1.72. The van der Waals surface area contributed by atoms with Gasteiger partial charge < -0.3 is 4.90 Å². The fourth-order valence-corrected chi connectivity index (χ4v) is 3.82. The number of likely N-dealkylation sites (tertiary alicyclic amines) is 1. The van der Waals surface area contributed by atoms with Crippen molar-refractivity contribution in [2.24, 2.45) is 0 Å². The van der Waals surface area contributed by atoms with Crippen LogP contribution in [-0.4, -0.2) is 38.2 Å². The molecule has 1 amide bonds. The molecule has 1 atom stereocenters. The van der Waals surface area contributed by atoms with Gasteiger partial charge in [-0.25, -0.2) is 4.98 Å². The Bertz CT molecular complexity index is 567. The van der Waals surface area contributed by atoms with Crippen LogP contribution in [-0.2, 0) is 17.8 Å². The van der Waals surface area contributed by atoms with E-state index in [0.717, 1.165) is 32.2 Å². The second-order valence-corrected chi connectivity index (χ2v) is 6.80. The number of carbonyl (C=O) groups is 1. The van der Waals surface area contributed by atoms with Gasteiger partial charge in [-0.15, -0.1) is 11.3 Å². The third-order valence-electron chi connectivity index (χ3n) is 4.27. The molecule has 6 heteroatoms. The highest BCUT2D eigenvalue weighted by Gasteiger charge is 2.26.